The number of rotatable bonds is 4. The number of hydrogen-bond donors (Lipinski definition) is 2. The normalized spacial score (nSPS) is 11.0. The average Bonchev–Trinajstić information content (AvgIpc) is 3.17. The van der Waals surface area contributed by atoms with E-state index in [1.165, 1.54) is 18.3 Å². The molecule has 0 saturated heterocycles. The Morgan fingerprint density at radius 1 is 1.35 bits per heavy atom. The van der Waals surface area contributed by atoms with Gasteiger partial charge in [-0.1, -0.05) is 0 Å². The molecular weight excluding hydrogens is 297 g/mol. The topological polar surface area (TPSA) is 75.1 Å². The molecule has 0 atom stereocenters. The van der Waals surface area contributed by atoms with Gasteiger partial charge in [-0.3, -0.25) is 9.89 Å². The second-order valence-electron chi connectivity index (χ2n) is 4.91. The monoisotopic (exact) mass is 311 g/mol. The summed E-state index contributed by atoms with van der Waals surface area (Å²) in [5, 5.41) is 10.7. The van der Waals surface area contributed by atoms with Crippen LogP contribution < -0.4 is 5.43 Å². The lowest BCUT2D eigenvalue weighted by Crippen LogP contribution is -2.20. The molecule has 1 amide bonds. The van der Waals surface area contributed by atoms with Gasteiger partial charge in [-0.05, 0) is 36.4 Å². The van der Waals surface area contributed by atoms with Crippen molar-refractivity contribution in [1.82, 2.24) is 20.2 Å². The summed E-state index contributed by atoms with van der Waals surface area (Å²) in [7, 11) is 1.78. The Balaban J connectivity index is 1.74. The molecule has 2 N–H and O–H groups in total. The van der Waals surface area contributed by atoms with Crippen molar-refractivity contribution in [2.24, 2.45) is 12.1 Å². The van der Waals surface area contributed by atoms with E-state index in [4.69, 9.17) is 0 Å². The van der Waals surface area contributed by atoms with Gasteiger partial charge in [-0.15, -0.1) is 0 Å². The molecule has 0 spiro atoms. The summed E-state index contributed by atoms with van der Waals surface area (Å²) in [5.41, 5.74) is 5.12. The van der Waals surface area contributed by atoms with E-state index in [2.05, 4.69) is 20.7 Å². The largest absolute Gasteiger partial charge is 0.347 e. The van der Waals surface area contributed by atoms with Crippen molar-refractivity contribution in [3.63, 3.8) is 0 Å². The van der Waals surface area contributed by atoms with Gasteiger partial charge in [0.15, 0.2) is 0 Å². The van der Waals surface area contributed by atoms with Crippen LogP contribution >= 0.6 is 0 Å². The Morgan fingerprint density at radius 2 is 2.13 bits per heavy atom. The molecule has 2 aromatic heterocycles. The third-order valence-electron chi connectivity index (χ3n) is 3.35. The number of hydrogen-bond acceptors (Lipinski definition) is 3. The van der Waals surface area contributed by atoms with E-state index in [0.717, 1.165) is 5.56 Å². The van der Waals surface area contributed by atoms with Crippen molar-refractivity contribution >= 4 is 12.1 Å². The van der Waals surface area contributed by atoms with Crippen molar-refractivity contribution in [2.45, 2.75) is 0 Å². The van der Waals surface area contributed by atoms with E-state index >= 15 is 0 Å². The zero-order valence-corrected chi connectivity index (χ0v) is 12.3. The van der Waals surface area contributed by atoms with Gasteiger partial charge in [0, 0.05) is 24.4 Å². The van der Waals surface area contributed by atoms with Crippen molar-refractivity contribution < 1.29 is 9.18 Å². The maximum Gasteiger partial charge on any atom is 0.287 e. The molecule has 3 rings (SSSR count). The Kier molecular flexibility index (Phi) is 4.01. The summed E-state index contributed by atoms with van der Waals surface area (Å²) in [6, 6.07) is 9.50. The molecule has 0 radical (unpaired) electrons. The van der Waals surface area contributed by atoms with Crippen LogP contribution in [0.3, 0.4) is 0 Å². The highest BCUT2D eigenvalue weighted by atomic mass is 19.1. The Hall–Kier alpha value is -3.22. The highest BCUT2D eigenvalue weighted by Gasteiger charge is 2.08. The maximum atomic E-state index is 13.0. The molecule has 3 aromatic rings. The van der Waals surface area contributed by atoms with Gasteiger partial charge in [-0.25, -0.2) is 9.82 Å². The molecule has 0 fully saturated rings. The SMILES string of the molecule is Cn1cccc1C(=O)NN=Cc1cn[nH]c1-c1ccc(F)cc1. The third-order valence-corrected chi connectivity index (χ3v) is 3.35. The molecule has 0 aliphatic rings. The number of nitrogens with zero attached hydrogens (tertiary/aromatic N) is 3. The highest BCUT2D eigenvalue weighted by Crippen LogP contribution is 2.19. The van der Waals surface area contributed by atoms with Crippen LogP contribution in [0.5, 0.6) is 0 Å². The Bertz CT molecular complexity index is 847. The fourth-order valence-electron chi connectivity index (χ4n) is 2.16. The lowest BCUT2D eigenvalue weighted by atomic mass is 10.1. The number of carbonyl (C=O) groups is 1. The van der Waals surface area contributed by atoms with Gasteiger partial charge in [0.2, 0.25) is 0 Å². The highest BCUT2D eigenvalue weighted by molar-refractivity contribution is 5.94. The fraction of sp³-hybridized carbons (Fsp3) is 0.0625. The first-order valence-electron chi connectivity index (χ1n) is 6.89. The summed E-state index contributed by atoms with van der Waals surface area (Å²) in [4.78, 5) is 11.9. The van der Waals surface area contributed by atoms with E-state index in [0.29, 0.717) is 17.0 Å². The third kappa shape index (κ3) is 3.18. The zero-order valence-electron chi connectivity index (χ0n) is 12.3. The number of aromatic amines is 1. The minimum absolute atomic E-state index is 0.305. The van der Waals surface area contributed by atoms with Gasteiger partial charge in [0.05, 0.1) is 18.1 Å². The fourth-order valence-corrected chi connectivity index (χ4v) is 2.16. The summed E-state index contributed by atoms with van der Waals surface area (Å²) in [6.07, 6.45) is 4.85. The molecule has 0 aliphatic carbocycles. The van der Waals surface area contributed by atoms with E-state index in [1.807, 2.05) is 0 Å². The molecule has 0 saturated carbocycles. The predicted molar refractivity (Wildman–Crippen MR) is 84.5 cm³/mol. The molecule has 1 aromatic carbocycles. The van der Waals surface area contributed by atoms with Crippen molar-refractivity contribution in [2.75, 3.05) is 0 Å². The van der Waals surface area contributed by atoms with Gasteiger partial charge in [0.25, 0.3) is 5.91 Å². The quantitative estimate of drug-likeness (QED) is 0.573. The Morgan fingerprint density at radius 3 is 2.83 bits per heavy atom. The van der Waals surface area contributed by atoms with Crippen molar-refractivity contribution in [3.8, 4) is 11.3 Å². The number of hydrazone groups is 1. The van der Waals surface area contributed by atoms with Crippen LogP contribution in [0.15, 0.2) is 53.9 Å². The smallest absolute Gasteiger partial charge is 0.287 e. The van der Waals surface area contributed by atoms with Crippen LogP contribution in [0.25, 0.3) is 11.3 Å². The van der Waals surface area contributed by atoms with Crippen molar-refractivity contribution in [1.29, 1.82) is 0 Å². The van der Waals surface area contributed by atoms with Gasteiger partial charge >= 0.3 is 0 Å². The number of H-pyrrole nitrogens is 1. The number of halogens is 1. The second kappa shape index (κ2) is 6.27. The summed E-state index contributed by atoms with van der Waals surface area (Å²) < 4.78 is 14.7. The Labute approximate surface area is 131 Å². The molecule has 7 heteroatoms. The van der Waals surface area contributed by atoms with Gasteiger partial charge < -0.3 is 4.57 Å². The molecule has 0 unspecified atom stereocenters. The lowest BCUT2D eigenvalue weighted by molar-refractivity contribution is 0.0947. The lowest BCUT2D eigenvalue weighted by Gasteiger charge is -2.01. The van der Waals surface area contributed by atoms with Crippen LogP contribution in [0.1, 0.15) is 16.1 Å². The van der Waals surface area contributed by atoms with Crippen molar-refractivity contribution in [3.05, 3.63) is 65.9 Å². The van der Waals surface area contributed by atoms with Crippen LogP contribution in [0.2, 0.25) is 0 Å². The van der Waals surface area contributed by atoms with Crippen LogP contribution in [-0.2, 0) is 7.05 Å². The second-order valence-corrected chi connectivity index (χ2v) is 4.91. The minimum Gasteiger partial charge on any atom is -0.347 e. The number of benzene rings is 1. The average molecular weight is 311 g/mol. The number of carbonyl (C=O) groups excluding carboxylic acids is 1. The number of aromatic nitrogens is 3. The maximum absolute atomic E-state index is 13.0. The first-order chi connectivity index (χ1) is 11.1. The molecule has 23 heavy (non-hydrogen) atoms. The molecule has 0 bridgehead atoms. The van der Waals surface area contributed by atoms with Gasteiger partial charge in [0.1, 0.15) is 11.5 Å². The van der Waals surface area contributed by atoms with E-state index in [1.54, 1.807) is 48.3 Å². The number of amides is 1. The first kappa shape index (κ1) is 14.7. The number of nitrogens with one attached hydrogen (secondary N) is 2. The summed E-state index contributed by atoms with van der Waals surface area (Å²) in [5.74, 6) is -0.612. The van der Waals surface area contributed by atoms with Crippen LogP contribution in [0, 0.1) is 5.82 Å². The summed E-state index contributed by atoms with van der Waals surface area (Å²) in [6.45, 7) is 0. The molecule has 116 valence electrons. The summed E-state index contributed by atoms with van der Waals surface area (Å²) >= 11 is 0. The zero-order chi connectivity index (χ0) is 16.2. The van der Waals surface area contributed by atoms with Gasteiger partial charge in [-0.2, -0.15) is 10.2 Å². The molecule has 6 nitrogen and oxygen atoms in total. The van der Waals surface area contributed by atoms with E-state index in [9.17, 15) is 9.18 Å². The van der Waals surface area contributed by atoms with Crippen LogP contribution in [-0.4, -0.2) is 26.9 Å². The van der Waals surface area contributed by atoms with Crippen LogP contribution in [0.4, 0.5) is 4.39 Å². The number of aryl methyl sites for hydroxylation is 1. The molecular formula is C16H14FN5O. The van der Waals surface area contributed by atoms with E-state index < -0.39 is 0 Å². The molecule has 2 heterocycles. The minimum atomic E-state index is -0.307. The molecule has 0 aliphatic heterocycles. The predicted octanol–water partition coefficient (Wildman–Crippen LogP) is 2.32. The standard InChI is InChI=1S/C16H14FN5O/c1-22-8-2-3-14(22)16(23)21-19-10-12-9-18-20-15(12)11-4-6-13(17)7-5-11/h2-10H,1H3,(H,18,20)(H,21,23). The van der Waals surface area contributed by atoms with E-state index in [-0.39, 0.29) is 11.7 Å². The first-order valence-corrected chi connectivity index (χ1v) is 6.89.